The van der Waals surface area contributed by atoms with E-state index in [0.29, 0.717) is 30.1 Å². The maximum Gasteiger partial charge on any atom is 0.261 e. The Bertz CT molecular complexity index is 834. The average Bonchev–Trinajstić information content (AvgIpc) is 3.07. The van der Waals surface area contributed by atoms with Crippen LogP contribution in [0.4, 0.5) is 5.69 Å². The molecule has 3 rings (SSSR count). The van der Waals surface area contributed by atoms with Gasteiger partial charge in [0.2, 0.25) is 12.3 Å². The first-order valence-corrected chi connectivity index (χ1v) is 12.0. The van der Waals surface area contributed by atoms with Crippen molar-refractivity contribution in [3.8, 4) is 0 Å². The molecule has 2 aliphatic rings. The van der Waals surface area contributed by atoms with Crippen molar-refractivity contribution in [1.82, 2.24) is 10.2 Å². The second-order valence-electron chi connectivity index (χ2n) is 8.43. The summed E-state index contributed by atoms with van der Waals surface area (Å²) in [7, 11) is 0. The van der Waals surface area contributed by atoms with Gasteiger partial charge in [-0.05, 0) is 37.5 Å². The molecule has 1 aromatic carbocycles. The summed E-state index contributed by atoms with van der Waals surface area (Å²) in [6.07, 6.45) is 1.72. The summed E-state index contributed by atoms with van der Waals surface area (Å²) >= 11 is 0. The maximum atomic E-state index is 12.7. The third-order valence-corrected chi connectivity index (χ3v) is 5.94. The number of benzene rings is 1. The first-order valence-electron chi connectivity index (χ1n) is 12.0. The van der Waals surface area contributed by atoms with Gasteiger partial charge in [0.1, 0.15) is 0 Å². The number of hydrogen-bond donors (Lipinski definition) is 3. The number of rotatable bonds is 9. The number of nitrogens with one attached hydrogen (secondary N) is 1. The van der Waals surface area contributed by atoms with Crippen LogP contribution >= 0.6 is 0 Å². The second kappa shape index (κ2) is 14.5. The van der Waals surface area contributed by atoms with E-state index < -0.39 is 11.9 Å². The van der Waals surface area contributed by atoms with E-state index in [-0.39, 0.29) is 37.2 Å². The van der Waals surface area contributed by atoms with Crippen LogP contribution in [0.15, 0.2) is 18.2 Å². The topological polar surface area (TPSA) is 127 Å². The Labute approximate surface area is 202 Å². The standard InChI is InChI=1S/C18H21N3O5.C5H12O.C2H6/c1-11(2-5-16(24)19-10-23)21-17(25)14-4-3-13(6-15(14)18(21)26)20-7-12(8-20)9-22;1-3-5(2)4-6;1-2/h3-4,6,10-12,22H,2,5,7-9H2,1H3,(H,19,23,24);5-6H,3-4H2,1-2H3;1-2H3. The summed E-state index contributed by atoms with van der Waals surface area (Å²) in [4.78, 5) is 50.2. The number of anilines is 1. The van der Waals surface area contributed by atoms with Gasteiger partial charge >= 0.3 is 0 Å². The fourth-order valence-corrected chi connectivity index (χ4v) is 3.48. The van der Waals surface area contributed by atoms with Crippen molar-refractivity contribution in [2.75, 3.05) is 31.2 Å². The largest absolute Gasteiger partial charge is 0.396 e. The van der Waals surface area contributed by atoms with E-state index >= 15 is 0 Å². The molecular formula is C25H39N3O6. The molecule has 0 saturated carbocycles. The van der Waals surface area contributed by atoms with Crippen molar-refractivity contribution in [3.63, 3.8) is 0 Å². The van der Waals surface area contributed by atoms with E-state index in [9.17, 15) is 19.2 Å². The summed E-state index contributed by atoms with van der Waals surface area (Å²) in [5, 5.41) is 19.5. The predicted molar refractivity (Wildman–Crippen MR) is 131 cm³/mol. The lowest BCUT2D eigenvalue weighted by Gasteiger charge is -2.40. The number of carbonyl (C=O) groups excluding carboxylic acids is 4. The molecule has 1 aromatic rings. The van der Waals surface area contributed by atoms with Crippen LogP contribution < -0.4 is 10.2 Å². The average molecular weight is 478 g/mol. The molecule has 3 N–H and O–H groups in total. The normalized spacial score (nSPS) is 16.3. The Morgan fingerprint density at radius 3 is 2.26 bits per heavy atom. The van der Waals surface area contributed by atoms with Crippen molar-refractivity contribution in [1.29, 1.82) is 0 Å². The second-order valence-corrected chi connectivity index (χ2v) is 8.43. The highest BCUT2D eigenvalue weighted by molar-refractivity contribution is 6.22. The number of nitrogens with zero attached hydrogens (tertiary/aromatic N) is 2. The van der Waals surface area contributed by atoms with Crippen LogP contribution in [0.1, 0.15) is 74.6 Å². The monoisotopic (exact) mass is 477 g/mol. The van der Waals surface area contributed by atoms with Crippen molar-refractivity contribution in [2.45, 2.75) is 59.9 Å². The fourth-order valence-electron chi connectivity index (χ4n) is 3.48. The lowest BCUT2D eigenvalue weighted by Crippen LogP contribution is -2.48. The van der Waals surface area contributed by atoms with Crippen LogP contribution in [0.2, 0.25) is 0 Å². The summed E-state index contributed by atoms with van der Waals surface area (Å²) < 4.78 is 0. The van der Waals surface area contributed by atoms with Gasteiger partial charge in [0.25, 0.3) is 11.8 Å². The number of hydrogen-bond acceptors (Lipinski definition) is 7. The van der Waals surface area contributed by atoms with E-state index in [1.807, 2.05) is 32.2 Å². The molecule has 0 spiro atoms. The molecule has 190 valence electrons. The Morgan fingerprint density at radius 1 is 1.15 bits per heavy atom. The van der Waals surface area contributed by atoms with Crippen LogP contribution in [0.5, 0.6) is 0 Å². The molecule has 0 radical (unpaired) electrons. The quantitative estimate of drug-likeness (QED) is 0.367. The Kier molecular flexibility index (Phi) is 12.5. The maximum absolute atomic E-state index is 12.7. The van der Waals surface area contributed by atoms with Gasteiger partial charge in [0.15, 0.2) is 0 Å². The van der Waals surface area contributed by atoms with Gasteiger partial charge in [0, 0.05) is 50.4 Å². The third-order valence-electron chi connectivity index (χ3n) is 5.94. The van der Waals surface area contributed by atoms with Crippen molar-refractivity contribution >= 4 is 29.8 Å². The minimum Gasteiger partial charge on any atom is -0.396 e. The molecule has 9 heteroatoms. The lowest BCUT2D eigenvalue weighted by atomic mass is 9.99. The number of imide groups is 2. The number of fused-ring (bicyclic) bond motifs is 1. The summed E-state index contributed by atoms with van der Waals surface area (Å²) in [5.41, 5.74) is 1.58. The Balaban J connectivity index is 0.000000631. The first-order chi connectivity index (χ1) is 16.3. The van der Waals surface area contributed by atoms with Gasteiger partial charge in [-0.3, -0.25) is 29.4 Å². The number of carbonyl (C=O) groups is 4. The zero-order valence-corrected chi connectivity index (χ0v) is 20.9. The van der Waals surface area contributed by atoms with Crippen molar-refractivity contribution in [3.05, 3.63) is 29.3 Å². The van der Waals surface area contributed by atoms with Crippen LogP contribution in [0.3, 0.4) is 0 Å². The highest BCUT2D eigenvalue weighted by atomic mass is 16.3. The van der Waals surface area contributed by atoms with Gasteiger partial charge in [-0.1, -0.05) is 34.1 Å². The summed E-state index contributed by atoms with van der Waals surface area (Å²) in [6, 6.07) is 4.73. The first kappa shape index (κ1) is 29.3. The van der Waals surface area contributed by atoms with E-state index in [2.05, 4.69) is 11.8 Å². The van der Waals surface area contributed by atoms with Gasteiger partial charge < -0.3 is 15.1 Å². The van der Waals surface area contributed by atoms with Gasteiger partial charge in [-0.25, -0.2) is 0 Å². The molecule has 2 atom stereocenters. The van der Waals surface area contributed by atoms with Crippen LogP contribution in [-0.4, -0.2) is 71.6 Å². The highest BCUT2D eigenvalue weighted by Crippen LogP contribution is 2.32. The Morgan fingerprint density at radius 2 is 1.76 bits per heavy atom. The van der Waals surface area contributed by atoms with Crippen LogP contribution in [0.25, 0.3) is 0 Å². The molecule has 0 aromatic heterocycles. The smallest absolute Gasteiger partial charge is 0.261 e. The molecule has 0 aliphatic carbocycles. The third kappa shape index (κ3) is 7.36. The summed E-state index contributed by atoms with van der Waals surface area (Å²) in [5.74, 6) is -0.437. The molecule has 34 heavy (non-hydrogen) atoms. The minimum absolute atomic E-state index is 0.0505. The number of aliphatic hydroxyl groups excluding tert-OH is 2. The van der Waals surface area contributed by atoms with E-state index in [0.717, 1.165) is 25.2 Å². The van der Waals surface area contributed by atoms with E-state index in [1.165, 1.54) is 4.90 Å². The molecular weight excluding hydrogens is 438 g/mol. The highest BCUT2D eigenvalue weighted by Gasteiger charge is 2.39. The van der Waals surface area contributed by atoms with Crippen LogP contribution in [-0.2, 0) is 9.59 Å². The molecule has 2 heterocycles. The lowest BCUT2D eigenvalue weighted by molar-refractivity contribution is -0.125. The number of aliphatic hydroxyl groups is 2. The molecule has 2 aliphatic heterocycles. The van der Waals surface area contributed by atoms with Gasteiger partial charge in [-0.15, -0.1) is 0 Å². The molecule has 1 fully saturated rings. The van der Waals surface area contributed by atoms with Gasteiger partial charge in [0.05, 0.1) is 11.1 Å². The molecule has 9 nitrogen and oxygen atoms in total. The van der Waals surface area contributed by atoms with Crippen molar-refractivity contribution in [2.24, 2.45) is 11.8 Å². The molecule has 4 amide bonds. The minimum atomic E-state index is -0.453. The molecule has 1 saturated heterocycles. The SMILES string of the molecule is CC.CC(CCC(=O)NC=O)N1C(=O)c2ccc(N3CC(CO)C3)cc2C1=O.CCC(C)CO. The zero-order valence-electron chi connectivity index (χ0n) is 20.9. The van der Waals surface area contributed by atoms with Gasteiger partial charge in [-0.2, -0.15) is 0 Å². The van der Waals surface area contributed by atoms with E-state index in [1.54, 1.807) is 19.1 Å². The zero-order chi connectivity index (χ0) is 25.8. The Hall–Kier alpha value is -2.78. The van der Waals surface area contributed by atoms with Crippen molar-refractivity contribution < 1.29 is 29.4 Å². The fraction of sp³-hybridized carbons (Fsp3) is 0.600. The number of amides is 4. The van der Waals surface area contributed by atoms with Crippen LogP contribution in [0, 0.1) is 11.8 Å². The van der Waals surface area contributed by atoms with E-state index in [4.69, 9.17) is 10.2 Å². The predicted octanol–water partition coefficient (Wildman–Crippen LogP) is 2.20. The molecule has 2 unspecified atom stereocenters. The molecule has 0 bridgehead atoms. The summed E-state index contributed by atoms with van der Waals surface area (Å²) in [6.45, 7) is 11.7.